The number of thiazole rings is 1. The molecule has 0 atom stereocenters. The van der Waals surface area contributed by atoms with Gasteiger partial charge in [0.25, 0.3) is 5.56 Å². The van der Waals surface area contributed by atoms with Gasteiger partial charge < -0.3 is 15.5 Å². The van der Waals surface area contributed by atoms with E-state index in [1.807, 2.05) is 60.7 Å². The Morgan fingerprint density at radius 1 is 0.893 bits per heavy atom. The van der Waals surface area contributed by atoms with Gasteiger partial charge in [0.1, 0.15) is 17.3 Å². The van der Waals surface area contributed by atoms with Crippen LogP contribution in [0.1, 0.15) is 0 Å². The Morgan fingerprint density at radius 2 is 1.68 bits per heavy atom. The van der Waals surface area contributed by atoms with Crippen molar-refractivity contribution in [3.8, 4) is 22.9 Å². The van der Waals surface area contributed by atoms with E-state index in [0.29, 0.717) is 33.1 Å². The first kappa shape index (κ1) is 16.5. The molecule has 6 nitrogen and oxygen atoms in total. The summed E-state index contributed by atoms with van der Waals surface area (Å²) < 4.78 is 6.63. The average Bonchev–Trinajstić information content (AvgIpc) is 3.09. The van der Waals surface area contributed by atoms with Crippen LogP contribution in [0.2, 0.25) is 0 Å². The lowest BCUT2D eigenvalue weighted by Gasteiger charge is -2.08. The first-order chi connectivity index (χ1) is 13.7. The molecule has 2 heterocycles. The first-order valence-corrected chi connectivity index (χ1v) is 9.41. The van der Waals surface area contributed by atoms with Gasteiger partial charge in [0.05, 0.1) is 21.1 Å². The fourth-order valence-corrected chi connectivity index (χ4v) is 3.97. The molecule has 3 aromatic carbocycles. The van der Waals surface area contributed by atoms with E-state index in [9.17, 15) is 4.79 Å². The number of nitrogen functional groups attached to an aromatic ring is 1. The highest BCUT2D eigenvalue weighted by molar-refractivity contribution is 7.23. The molecule has 28 heavy (non-hydrogen) atoms. The van der Waals surface area contributed by atoms with Crippen LogP contribution in [-0.4, -0.2) is 15.0 Å². The maximum Gasteiger partial charge on any atom is 0.260 e. The zero-order valence-corrected chi connectivity index (χ0v) is 15.4. The monoisotopic (exact) mass is 386 g/mol. The predicted octanol–water partition coefficient (Wildman–Crippen LogP) is 4.57. The summed E-state index contributed by atoms with van der Waals surface area (Å²) in [5, 5.41) is 0.934. The zero-order valence-electron chi connectivity index (χ0n) is 14.5. The van der Waals surface area contributed by atoms with Crippen molar-refractivity contribution in [2.24, 2.45) is 0 Å². The topological polar surface area (TPSA) is 93.9 Å². The Balaban J connectivity index is 1.60. The number of nitrogens with one attached hydrogen (secondary N) is 1. The summed E-state index contributed by atoms with van der Waals surface area (Å²) >= 11 is 1.29. The van der Waals surface area contributed by atoms with E-state index in [2.05, 4.69) is 15.0 Å². The number of rotatable bonds is 3. The molecule has 0 aliphatic heterocycles. The fourth-order valence-electron chi connectivity index (χ4n) is 3.10. The maximum atomic E-state index is 12.8. The van der Waals surface area contributed by atoms with Crippen molar-refractivity contribution < 1.29 is 4.74 Å². The lowest BCUT2D eigenvalue weighted by Crippen LogP contribution is -2.09. The fraction of sp³-hybridized carbons (Fsp3) is 0. The number of aromatic amines is 1. The van der Waals surface area contributed by atoms with Crippen LogP contribution in [0.15, 0.2) is 71.5 Å². The van der Waals surface area contributed by atoms with E-state index in [-0.39, 0.29) is 5.56 Å². The van der Waals surface area contributed by atoms with E-state index >= 15 is 0 Å². The summed E-state index contributed by atoms with van der Waals surface area (Å²) in [6.07, 6.45) is 0. The molecule has 5 rings (SSSR count). The van der Waals surface area contributed by atoms with Crippen molar-refractivity contribution in [1.82, 2.24) is 15.0 Å². The number of fused-ring (bicyclic) bond motifs is 3. The summed E-state index contributed by atoms with van der Waals surface area (Å²) in [6, 6.07) is 20.6. The molecule has 3 N–H and O–H groups in total. The number of aromatic nitrogens is 3. The first-order valence-electron chi connectivity index (χ1n) is 8.60. The lowest BCUT2D eigenvalue weighted by atomic mass is 10.1. The zero-order chi connectivity index (χ0) is 19.1. The van der Waals surface area contributed by atoms with Gasteiger partial charge in [-0.3, -0.25) is 4.79 Å². The Morgan fingerprint density at radius 3 is 2.54 bits per heavy atom. The van der Waals surface area contributed by atoms with Crippen molar-refractivity contribution >= 4 is 37.6 Å². The Kier molecular flexibility index (Phi) is 3.80. The van der Waals surface area contributed by atoms with E-state index in [1.165, 1.54) is 11.3 Å². The van der Waals surface area contributed by atoms with Gasteiger partial charge in [-0.1, -0.05) is 41.7 Å². The summed E-state index contributed by atoms with van der Waals surface area (Å²) in [5.41, 5.74) is 7.64. The number of hydrogen-bond donors (Lipinski definition) is 2. The average molecular weight is 386 g/mol. The van der Waals surface area contributed by atoms with Gasteiger partial charge in [-0.2, -0.15) is 0 Å². The molecular formula is C21H14N4O2S. The van der Waals surface area contributed by atoms with E-state index in [4.69, 9.17) is 10.5 Å². The van der Waals surface area contributed by atoms with Crippen LogP contribution >= 0.6 is 11.3 Å². The summed E-state index contributed by atoms with van der Waals surface area (Å²) in [5.74, 6) is 1.88. The Bertz CT molecular complexity index is 1380. The van der Waals surface area contributed by atoms with E-state index in [1.54, 1.807) is 6.07 Å². The Labute approximate surface area is 163 Å². The molecular weight excluding hydrogens is 372 g/mol. The number of H-pyrrole nitrogens is 1. The minimum absolute atomic E-state index is 0.219. The van der Waals surface area contributed by atoms with Crippen molar-refractivity contribution in [2.45, 2.75) is 0 Å². The number of hydrogen-bond acceptors (Lipinski definition) is 6. The molecule has 0 amide bonds. The van der Waals surface area contributed by atoms with Gasteiger partial charge in [-0.05, 0) is 36.4 Å². The second kappa shape index (κ2) is 6.47. The predicted molar refractivity (Wildman–Crippen MR) is 112 cm³/mol. The van der Waals surface area contributed by atoms with Gasteiger partial charge in [-0.15, -0.1) is 0 Å². The molecule has 0 bridgehead atoms. The number of nitrogens with two attached hydrogens (primary N) is 1. The highest BCUT2D eigenvalue weighted by Gasteiger charge is 2.13. The van der Waals surface area contributed by atoms with E-state index in [0.717, 1.165) is 16.0 Å². The lowest BCUT2D eigenvalue weighted by molar-refractivity contribution is 0.483. The second-order valence-corrected chi connectivity index (χ2v) is 7.25. The number of anilines is 1. The largest absolute Gasteiger partial charge is 0.457 e. The smallest absolute Gasteiger partial charge is 0.260 e. The number of nitrogens with zero attached hydrogens (tertiary/aromatic N) is 2. The minimum atomic E-state index is -0.219. The summed E-state index contributed by atoms with van der Waals surface area (Å²) in [7, 11) is 0. The third kappa shape index (κ3) is 2.87. The van der Waals surface area contributed by atoms with Crippen LogP contribution in [-0.2, 0) is 0 Å². The molecule has 5 aromatic rings. The summed E-state index contributed by atoms with van der Waals surface area (Å²) in [6.45, 7) is 0. The van der Waals surface area contributed by atoms with Gasteiger partial charge in [0.2, 0.25) is 0 Å². The Hall–Kier alpha value is -3.71. The quantitative estimate of drug-likeness (QED) is 0.473. The minimum Gasteiger partial charge on any atom is -0.457 e. The van der Waals surface area contributed by atoms with Crippen LogP contribution in [0.3, 0.4) is 0 Å². The molecule has 0 spiro atoms. The van der Waals surface area contributed by atoms with Gasteiger partial charge in [-0.25, -0.2) is 9.97 Å². The van der Waals surface area contributed by atoms with Crippen LogP contribution in [0, 0.1) is 0 Å². The molecule has 2 aromatic heterocycles. The third-order valence-corrected chi connectivity index (χ3v) is 5.25. The molecule has 136 valence electrons. The number of ether oxygens (including phenoxy) is 1. The molecule has 0 unspecified atom stereocenters. The van der Waals surface area contributed by atoms with Gasteiger partial charge in [0, 0.05) is 5.56 Å². The molecule has 7 heteroatoms. The van der Waals surface area contributed by atoms with Gasteiger partial charge in [0.15, 0.2) is 5.13 Å². The van der Waals surface area contributed by atoms with Crippen molar-refractivity contribution in [2.75, 3.05) is 5.73 Å². The van der Waals surface area contributed by atoms with Crippen molar-refractivity contribution in [3.05, 3.63) is 77.1 Å². The molecule has 0 saturated heterocycles. The standard InChI is InChI=1S/C21H14N4O2S/c22-21-24-16-10-9-15-17(18(16)28-21)20(26)25-19(23-15)12-5-4-8-14(11-12)27-13-6-2-1-3-7-13/h1-11H,(H2,22,24)(H,23,25,26). The molecule has 0 radical (unpaired) electrons. The van der Waals surface area contributed by atoms with Gasteiger partial charge >= 0.3 is 0 Å². The SMILES string of the molecule is Nc1nc2ccc3nc(-c4cccc(Oc5ccccc5)c4)[nH]c(=O)c3c2s1. The van der Waals surface area contributed by atoms with Crippen molar-refractivity contribution in [1.29, 1.82) is 0 Å². The number of para-hydroxylation sites is 1. The molecule has 0 aliphatic rings. The van der Waals surface area contributed by atoms with E-state index < -0.39 is 0 Å². The molecule has 0 fully saturated rings. The number of benzene rings is 3. The third-order valence-electron chi connectivity index (χ3n) is 4.33. The summed E-state index contributed by atoms with van der Waals surface area (Å²) in [4.78, 5) is 24.5. The van der Waals surface area contributed by atoms with Crippen LogP contribution < -0.4 is 16.0 Å². The van der Waals surface area contributed by atoms with Crippen molar-refractivity contribution in [3.63, 3.8) is 0 Å². The highest BCUT2D eigenvalue weighted by Crippen LogP contribution is 2.30. The normalized spacial score (nSPS) is 11.1. The maximum absolute atomic E-state index is 12.8. The van der Waals surface area contributed by atoms with Crippen LogP contribution in [0.25, 0.3) is 32.5 Å². The highest BCUT2D eigenvalue weighted by atomic mass is 32.1. The molecule has 0 saturated carbocycles. The molecule has 0 aliphatic carbocycles. The second-order valence-electron chi connectivity index (χ2n) is 6.22. The van der Waals surface area contributed by atoms with Crippen LogP contribution in [0.5, 0.6) is 11.5 Å². The van der Waals surface area contributed by atoms with Crippen LogP contribution in [0.4, 0.5) is 5.13 Å².